The Balaban J connectivity index is 1.93. The number of H-pyrrole nitrogens is 1. The number of anilines is 1. The second-order valence-electron chi connectivity index (χ2n) is 5.16. The lowest BCUT2D eigenvalue weighted by atomic mass is 10.1. The van der Waals surface area contributed by atoms with Crippen LogP contribution in [-0.4, -0.2) is 40.1 Å². The summed E-state index contributed by atoms with van der Waals surface area (Å²) in [6.45, 7) is 3.12. The number of aromatic nitrogens is 3. The molecule has 2 aromatic rings. The highest BCUT2D eigenvalue weighted by Crippen LogP contribution is 2.18. The zero-order chi connectivity index (χ0) is 17.4. The van der Waals surface area contributed by atoms with Crippen LogP contribution in [0, 0.1) is 0 Å². The fourth-order valence-corrected chi connectivity index (χ4v) is 3.02. The average Bonchev–Trinajstić information content (AvgIpc) is 2.94. The number of nitrogens with zero attached hydrogens (tertiary/aromatic N) is 2. The molecule has 130 valence electrons. The minimum atomic E-state index is -0.273. The molecule has 0 radical (unpaired) electrons. The van der Waals surface area contributed by atoms with E-state index in [-0.39, 0.29) is 17.3 Å². The Bertz CT molecular complexity index is 726. The van der Waals surface area contributed by atoms with Crippen LogP contribution in [0.1, 0.15) is 18.9 Å². The summed E-state index contributed by atoms with van der Waals surface area (Å²) in [4.78, 5) is 23.9. The van der Waals surface area contributed by atoms with E-state index in [1.807, 2.05) is 31.2 Å². The molecule has 0 aliphatic heterocycles. The number of methoxy groups -OCH3 is 1. The molecule has 1 heterocycles. The summed E-state index contributed by atoms with van der Waals surface area (Å²) < 4.78 is 6.51. The minimum absolute atomic E-state index is 0.125. The quantitative estimate of drug-likeness (QED) is 0.533. The highest BCUT2D eigenvalue weighted by Gasteiger charge is 2.12. The molecule has 0 aliphatic carbocycles. The Labute approximate surface area is 144 Å². The number of nitrogens with one attached hydrogen (secondary N) is 2. The van der Waals surface area contributed by atoms with Crippen molar-refractivity contribution in [1.29, 1.82) is 0 Å². The van der Waals surface area contributed by atoms with E-state index in [9.17, 15) is 9.59 Å². The summed E-state index contributed by atoms with van der Waals surface area (Å²) in [5.74, 6) is 0.0619. The van der Waals surface area contributed by atoms with Crippen molar-refractivity contribution in [1.82, 2.24) is 14.8 Å². The molecule has 1 amide bonds. The highest BCUT2D eigenvalue weighted by molar-refractivity contribution is 7.99. The topological polar surface area (TPSA) is 89.0 Å². The molecule has 0 atom stereocenters. The van der Waals surface area contributed by atoms with Gasteiger partial charge in [0.2, 0.25) is 5.91 Å². The number of carbonyl (C=O) groups is 1. The van der Waals surface area contributed by atoms with Crippen LogP contribution in [-0.2, 0) is 22.5 Å². The molecule has 24 heavy (non-hydrogen) atoms. The number of amides is 1. The van der Waals surface area contributed by atoms with Gasteiger partial charge in [0.25, 0.3) is 0 Å². The van der Waals surface area contributed by atoms with Crippen LogP contribution in [0.4, 0.5) is 5.69 Å². The van der Waals surface area contributed by atoms with Gasteiger partial charge in [-0.3, -0.25) is 9.36 Å². The smallest absolute Gasteiger partial charge is 0.343 e. The molecular formula is C16H22N4O3S. The van der Waals surface area contributed by atoms with Crippen molar-refractivity contribution in [3.63, 3.8) is 0 Å². The van der Waals surface area contributed by atoms with Crippen LogP contribution in [0.3, 0.4) is 0 Å². The predicted octanol–water partition coefficient (Wildman–Crippen LogP) is 1.90. The molecule has 0 fully saturated rings. The molecule has 1 aromatic heterocycles. The molecule has 1 aromatic carbocycles. The minimum Gasteiger partial charge on any atom is -0.385 e. The van der Waals surface area contributed by atoms with Gasteiger partial charge in [0.15, 0.2) is 5.16 Å². The molecular weight excluding hydrogens is 328 g/mol. The Kier molecular flexibility index (Phi) is 7.07. The number of thioether (sulfide) groups is 1. The monoisotopic (exact) mass is 350 g/mol. The third-order valence-corrected chi connectivity index (χ3v) is 4.43. The first-order valence-electron chi connectivity index (χ1n) is 7.80. The number of rotatable bonds is 9. The van der Waals surface area contributed by atoms with Crippen molar-refractivity contribution < 1.29 is 9.53 Å². The summed E-state index contributed by atoms with van der Waals surface area (Å²) in [6.07, 6.45) is 1.56. The van der Waals surface area contributed by atoms with E-state index in [2.05, 4.69) is 15.5 Å². The number of carbonyl (C=O) groups excluding carboxylic acids is 1. The Morgan fingerprint density at radius 2 is 2.21 bits per heavy atom. The Morgan fingerprint density at radius 3 is 2.96 bits per heavy atom. The number of hydrogen-bond acceptors (Lipinski definition) is 5. The van der Waals surface area contributed by atoms with Crippen molar-refractivity contribution in [3.05, 3.63) is 40.3 Å². The molecule has 0 spiro atoms. The number of ether oxygens (including phenoxy) is 1. The van der Waals surface area contributed by atoms with Crippen molar-refractivity contribution >= 4 is 23.4 Å². The molecule has 0 aliphatic rings. The number of hydrogen-bond donors (Lipinski definition) is 2. The molecule has 7 nitrogen and oxygen atoms in total. The fourth-order valence-electron chi connectivity index (χ4n) is 2.24. The maximum atomic E-state index is 12.2. The van der Waals surface area contributed by atoms with Gasteiger partial charge in [-0.1, -0.05) is 36.9 Å². The largest absolute Gasteiger partial charge is 0.385 e. The fraction of sp³-hybridized carbons (Fsp3) is 0.438. The van der Waals surface area contributed by atoms with Gasteiger partial charge in [-0.25, -0.2) is 9.89 Å². The molecule has 0 saturated carbocycles. The van der Waals surface area contributed by atoms with Crippen LogP contribution >= 0.6 is 11.8 Å². The predicted molar refractivity (Wildman–Crippen MR) is 94.5 cm³/mol. The zero-order valence-electron chi connectivity index (χ0n) is 13.9. The summed E-state index contributed by atoms with van der Waals surface area (Å²) >= 11 is 1.23. The first-order valence-corrected chi connectivity index (χ1v) is 8.79. The molecule has 0 saturated heterocycles. The summed E-state index contributed by atoms with van der Waals surface area (Å²) in [5, 5.41) is 9.81. The standard InChI is InChI=1S/C16H22N4O3S/c1-3-12-7-4-5-8-13(12)17-14(21)11-24-16-19-18-15(22)20(16)9-6-10-23-2/h4-5,7-8H,3,6,9-11H2,1-2H3,(H,17,21)(H,18,22). The van der Waals surface area contributed by atoms with Crippen LogP contribution in [0.15, 0.2) is 34.2 Å². The van der Waals surface area contributed by atoms with Gasteiger partial charge in [0.1, 0.15) is 0 Å². The van der Waals surface area contributed by atoms with E-state index in [4.69, 9.17) is 4.74 Å². The lowest BCUT2D eigenvalue weighted by Crippen LogP contribution is -2.19. The van der Waals surface area contributed by atoms with E-state index in [0.717, 1.165) is 17.7 Å². The van der Waals surface area contributed by atoms with Gasteiger partial charge in [-0.2, -0.15) is 0 Å². The van der Waals surface area contributed by atoms with E-state index in [0.29, 0.717) is 24.7 Å². The highest BCUT2D eigenvalue weighted by atomic mass is 32.2. The zero-order valence-corrected chi connectivity index (χ0v) is 14.7. The number of benzene rings is 1. The first kappa shape index (κ1) is 18.3. The van der Waals surface area contributed by atoms with E-state index >= 15 is 0 Å². The van der Waals surface area contributed by atoms with E-state index in [1.54, 1.807) is 7.11 Å². The van der Waals surface area contributed by atoms with Crippen LogP contribution in [0.25, 0.3) is 0 Å². The second kappa shape index (κ2) is 9.29. The van der Waals surface area contributed by atoms with Gasteiger partial charge in [0.05, 0.1) is 5.75 Å². The van der Waals surface area contributed by atoms with Crippen molar-refractivity contribution in [2.24, 2.45) is 0 Å². The third kappa shape index (κ3) is 4.97. The molecule has 2 N–H and O–H groups in total. The molecule has 0 unspecified atom stereocenters. The van der Waals surface area contributed by atoms with Crippen LogP contribution in [0.2, 0.25) is 0 Å². The van der Waals surface area contributed by atoms with E-state index in [1.165, 1.54) is 16.3 Å². The summed E-state index contributed by atoms with van der Waals surface area (Å²) in [6, 6.07) is 7.72. The van der Waals surface area contributed by atoms with Gasteiger partial charge in [-0.05, 0) is 24.5 Å². The second-order valence-corrected chi connectivity index (χ2v) is 6.10. The van der Waals surface area contributed by atoms with Crippen LogP contribution in [0.5, 0.6) is 0 Å². The SMILES string of the molecule is CCc1ccccc1NC(=O)CSc1n[nH]c(=O)n1CCCOC. The summed E-state index contributed by atoms with van der Waals surface area (Å²) in [5.41, 5.74) is 1.64. The van der Waals surface area contributed by atoms with Gasteiger partial charge < -0.3 is 10.1 Å². The molecule has 0 bridgehead atoms. The Morgan fingerprint density at radius 1 is 1.42 bits per heavy atom. The maximum Gasteiger partial charge on any atom is 0.343 e. The lowest BCUT2D eigenvalue weighted by Gasteiger charge is -2.09. The van der Waals surface area contributed by atoms with Gasteiger partial charge in [0, 0.05) is 25.9 Å². The lowest BCUT2D eigenvalue weighted by molar-refractivity contribution is -0.113. The van der Waals surface area contributed by atoms with Crippen molar-refractivity contribution in [2.45, 2.75) is 31.5 Å². The van der Waals surface area contributed by atoms with Crippen molar-refractivity contribution in [2.75, 3.05) is 24.8 Å². The van der Waals surface area contributed by atoms with Crippen LogP contribution < -0.4 is 11.0 Å². The Hall–Kier alpha value is -2.06. The van der Waals surface area contributed by atoms with Crippen molar-refractivity contribution in [3.8, 4) is 0 Å². The molecule has 8 heteroatoms. The third-order valence-electron chi connectivity index (χ3n) is 3.46. The van der Waals surface area contributed by atoms with Gasteiger partial charge in [-0.15, -0.1) is 5.10 Å². The van der Waals surface area contributed by atoms with E-state index < -0.39 is 0 Å². The normalized spacial score (nSPS) is 10.8. The first-order chi connectivity index (χ1) is 11.7. The maximum absolute atomic E-state index is 12.2. The number of para-hydroxylation sites is 1. The summed E-state index contributed by atoms with van der Waals surface area (Å²) in [7, 11) is 1.62. The van der Waals surface area contributed by atoms with Gasteiger partial charge >= 0.3 is 5.69 Å². The average molecular weight is 350 g/mol. The molecule has 2 rings (SSSR count). The number of aryl methyl sites for hydroxylation is 1. The number of aromatic amines is 1.